The van der Waals surface area contributed by atoms with E-state index in [1.807, 2.05) is 0 Å². The predicted molar refractivity (Wildman–Crippen MR) is 63.3 cm³/mol. The molecule has 15 heavy (non-hydrogen) atoms. The lowest BCUT2D eigenvalue weighted by molar-refractivity contribution is 0.316. The smallest absolute Gasteiger partial charge is 0.139 e. The molecule has 0 aromatic rings. The summed E-state index contributed by atoms with van der Waals surface area (Å²) in [6.07, 6.45) is 2.67. The van der Waals surface area contributed by atoms with Gasteiger partial charge in [-0.3, -0.25) is 0 Å². The van der Waals surface area contributed by atoms with Crippen molar-refractivity contribution in [3.63, 3.8) is 0 Å². The summed E-state index contributed by atoms with van der Waals surface area (Å²) in [6, 6.07) is 0.504. The van der Waals surface area contributed by atoms with Crippen molar-refractivity contribution in [1.29, 1.82) is 0 Å². The maximum absolute atomic E-state index is 8.32. The molecule has 5 heteroatoms. The molecule has 0 aromatic heterocycles. The summed E-state index contributed by atoms with van der Waals surface area (Å²) in [7, 11) is 4.13. The summed E-state index contributed by atoms with van der Waals surface area (Å²) < 4.78 is 0. The van der Waals surface area contributed by atoms with E-state index in [1.54, 1.807) is 0 Å². The highest BCUT2D eigenvalue weighted by Gasteiger charge is 2.01. The molecule has 0 aliphatic rings. The van der Waals surface area contributed by atoms with E-state index in [4.69, 9.17) is 10.9 Å². The number of nitrogens with two attached hydrogens (primary N) is 1. The van der Waals surface area contributed by atoms with Crippen LogP contribution in [0, 0.1) is 0 Å². The van der Waals surface area contributed by atoms with Crippen LogP contribution in [0.5, 0.6) is 0 Å². The van der Waals surface area contributed by atoms with Gasteiger partial charge in [0.15, 0.2) is 0 Å². The zero-order valence-electron chi connectivity index (χ0n) is 10.0. The molecule has 0 heterocycles. The monoisotopic (exact) mass is 216 g/mol. The third-order valence-electron chi connectivity index (χ3n) is 2.12. The molecule has 0 amide bonds. The van der Waals surface area contributed by atoms with Crippen molar-refractivity contribution in [2.45, 2.75) is 32.2 Å². The van der Waals surface area contributed by atoms with Crippen LogP contribution in [-0.2, 0) is 0 Å². The minimum absolute atomic E-state index is 0.316. The number of rotatable bonds is 8. The molecule has 0 aromatic carbocycles. The molecule has 0 radical (unpaired) electrons. The Hall–Kier alpha value is -0.810. The fourth-order valence-corrected chi connectivity index (χ4v) is 1.44. The molecule has 1 unspecified atom stereocenters. The van der Waals surface area contributed by atoms with E-state index in [9.17, 15) is 0 Å². The number of hydrogen-bond donors (Lipinski definition) is 3. The maximum atomic E-state index is 8.32. The number of nitrogens with one attached hydrogen (secondary N) is 1. The molecule has 90 valence electrons. The van der Waals surface area contributed by atoms with Gasteiger partial charge >= 0.3 is 0 Å². The van der Waals surface area contributed by atoms with Gasteiger partial charge in [0.1, 0.15) is 5.84 Å². The Morgan fingerprint density at radius 3 is 2.67 bits per heavy atom. The summed E-state index contributed by atoms with van der Waals surface area (Å²) in [5, 5.41) is 14.7. The SMILES string of the molecule is CC(CN(C)C)NCCCCC(N)=NO. The molecular formula is C10H24N4O. The first-order valence-corrected chi connectivity index (χ1v) is 5.40. The van der Waals surface area contributed by atoms with Crippen molar-refractivity contribution in [2.24, 2.45) is 10.9 Å². The fraction of sp³-hybridized carbons (Fsp3) is 0.900. The van der Waals surface area contributed by atoms with E-state index in [0.717, 1.165) is 25.9 Å². The van der Waals surface area contributed by atoms with E-state index < -0.39 is 0 Å². The highest BCUT2D eigenvalue weighted by atomic mass is 16.4. The molecule has 5 nitrogen and oxygen atoms in total. The Morgan fingerprint density at radius 2 is 2.13 bits per heavy atom. The van der Waals surface area contributed by atoms with E-state index in [1.165, 1.54) is 0 Å². The van der Waals surface area contributed by atoms with Crippen molar-refractivity contribution in [1.82, 2.24) is 10.2 Å². The Kier molecular flexibility index (Phi) is 8.04. The van der Waals surface area contributed by atoms with Crippen molar-refractivity contribution < 1.29 is 5.21 Å². The van der Waals surface area contributed by atoms with Gasteiger partial charge in [0.2, 0.25) is 0 Å². The zero-order chi connectivity index (χ0) is 11.7. The van der Waals surface area contributed by atoms with Gasteiger partial charge < -0.3 is 21.2 Å². The number of hydrogen-bond acceptors (Lipinski definition) is 4. The van der Waals surface area contributed by atoms with Gasteiger partial charge in [-0.05, 0) is 40.4 Å². The first-order valence-electron chi connectivity index (χ1n) is 5.40. The molecule has 0 aliphatic carbocycles. The van der Waals surface area contributed by atoms with Gasteiger partial charge in [-0.2, -0.15) is 0 Å². The van der Waals surface area contributed by atoms with Crippen molar-refractivity contribution >= 4 is 5.84 Å². The van der Waals surface area contributed by atoms with Gasteiger partial charge in [-0.1, -0.05) is 5.16 Å². The average Bonchev–Trinajstić information content (AvgIpc) is 2.15. The lowest BCUT2D eigenvalue weighted by Gasteiger charge is -2.18. The first kappa shape index (κ1) is 14.2. The summed E-state index contributed by atoms with van der Waals surface area (Å²) in [4.78, 5) is 2.16. The topological polar surface area (TPSA) is 73.9 Å². The second-order valence-electron chi connectivity index (χ2n) is 4.17. The minimum atomic E-state index is 0.316. The van der Waals surface area contributed by atoms with Crippen molar-refractivity contribution in [3.8, 4) is 0 Å². The summed E-state index contributed by atoms with van der Waals surface area (Å²) in [6.45, 7) is 4.19. The molecular weight excluding hydrogens is 192 g/mol. The second kappa shape index (κ2) is 8.49. The van der Waals surface area contributed by atoms with Crippen LogP contribution >= 0.6 is 0 Å². The second-order valence-corrected chi connectivity index (χ2v) is 4.17. The highest BCUT2D eigenvalue weighted by molar-refractivity contribution is 5.79. The summed E-state index contributed by atoms with van der Waals surface area (Å²) in [5.74, 6) is 0.316. The fourth-order valence-electron chi connectivity index (χ4n) is 1.44. The van der Waals surface area contributed by atoms with Crippen LogP contribution in [0.4, 0.5) is 0 Å². The van der Waals surface area contributed by atoms with E-state index >= 15 is 0 Å². The van der Waals surface area contributed by atoms with Crippen LogP contribution < -0.4 is 11.1 Å². The van der Waals surface area contributed by atoms with Crippen molar-refractivity contribution in [3.05, 3.63) is 0 Å². The predicted octanol–water partition coefficient (Wildman–Crippen LogP) is 0.443. The molecule has 0 bridgehead atoms. The first-order chi connectivity index (χ1) is 7.06. The molecule has 4 N–H and O–H groups in total. The lowest BCUT2D eigenvalue weighted by Crippen LogP contribution is -2.36. The largest absolute Gasteiger partial charge is 0.409 e. The summed E-state index contributed by atoms with van der Waals surface area (Å²) in [5.41, 5.74) is 5.35. The summed E-state index contributed by atoms with van der Waals surface area (Å²) >= 11 is 0. The Labute approximate surface area is 92.3 Å². The minimum Gasteiger partial charge on any atom is -0.409 e. The average molecular weight is 216 g/mol. The van der Waals surface area contributed by atoms with E-state index in [-0.39, 0.29) is 0 Å². The van der Waals surface area contributed by atoms with Gasteiger partial charge in [0.05, 0.1) is 0 Å². The standard InChI is InChI=1S/C10H24N4O/c1-9(8-14(2)3)12-7-5-4-6-10(11)13-15/h9,12,15H,4-8H2,1-3H3,(H2,11,13). The molecule has 1 atom stereocenters. The number of likely N-dealkylation sites (N-methyl/N-ethyl adjacent to an activating group) is 1. The zero-order valence-corrected chi connectivity index (χ0v) is 10.0. The van der Waals surface area contributed by atoms with Gasteiger partial charge in [-0.25, -0.2) is 0 Å². The molecule has 0 rings (SSSR count). The third kappa shape index (κ3) is 9.49. The normalized spacial score (nSPS) is 14.5. The van der Waals surface area contributed by atoms with Gasteiger partial charge in [-0.15, -0.1) is 0 Å². The molecule has 0 spiro atoms. The Morgan fingerprint density at radius 1 is 1.47 bits per heavy atom. The van der Waals surface area contributed by atoms with Crippen LogP contribution in [0.1, 0.15) is 26.2 Å². The molecule has 0 fully saturated rings. The number of amidine groups is 1. The van der Waals surface area contributed by atoms with Crippen molar-refractivity contribution in [2.75, 3.05) is 27.2 Å². The molecule has 0 aliphatic heterocycles. The van der Waals surface area contributed by atoms with Crippen LogP contribution in [0.15, 0.2) is 5.16 Å². The maximum Gasteiger partial charge on any atom is 0.139 e. The Bertz CT molecular complexity index is 182. The van der Waals surface area contributed by atoms with Crippen LogP contribution in [0.2, 0.25) is 0 Å². The molecule has 0 saturated carbocycles. The van der Waals surface area contributed by atoms with Crippen LogP contribution in [0.3, 0.4) is 0 Å². The lowest BCUT2D eigenvalue weighted by atomic mass is 10.2. The van der Waals surface area contributed by atoms with E-state index in [0.29, 0.717) is 18.3 Å². The van der Waals surface area contributed by atoms with Gasteiger partial charge in [0.25, 0.3) is 0 Å². The quantitative estimate of drug-likeness (QED) is 0.181. The van der Waals surface area contributed by atoms with Gasteiger partial charge in [0, 0.05) is 19.0 Å². The number of nitrogens with zero attached hydrogens (tertiary/aromatic N) is 2. The molecule has 0 saturated heterocycles. The van der Waals surface area contributed by atoms with Crippen LogP contribution in [0.25, 0.3) is 0 Å². The highest BCUT2D eigenvalue weighted by Crippen LogP contribution is 1.94. The number of oxime groups is 1. The van der Waals surface area contributed by atoms with E-state index in [2.05, 4.69) is 36.4 Å². The third-order valence-corrected chi connectivity index (χ3v) is 2.12. The Balaban J connectivity index is 3.31. The number of unbranched alkanes of at least 4 members (excludes halogenated alkanes) is 1. The van der Waals surface area contributed by atoms with Crippen LogP contribution in [-0.4, -0.2) is 49.2 Å².